The lowest BCUT2D eigenvalue weighted by molar-refractivity contribution is -0.114. The molecule has 1 aromatic heterocycles. The number of nitrogens with zero attached hydrogens (tertiary/aromatic N) is 1. The van der Waals surface area contributed by atoms with E-state index in [1.165, 1.54) is 12.5 Å². The largest absolute Gasteiger partial charge is 0.340 e. The van der Waals surface area contributed by atoms with Gasteiger partial charge in [0, 0.05) is 35.7 Å². The zero-order valence-corrected chi connectivity index (χ0v) is 16.7. The first-order valence-electron chi connectivity index (χ1n) is 9.43. The maximum absolute atomic E-state index is 12.6. The van der Waals surface area contributed by atoms with Crippen LogP contribution in [0.1, 0.15) is 42.6 Å². The molecule has 3 rings (SSSR count). The molecule has 6 heteroatoms. The number of benzene rings is 2. The topological polar surface area (TPSA) is 83.1 Å². The van der Waals surface area contributed by atoms with Crippen molar-refractivity contribution in [1.82, 2.24) is 4.98 Å². The summed E-state index contributed by atoms with van der Waals surface area (Å²) in [6, 6.07) is 18.5. The second kappa shape index (κ2) is 9.01. The van der Waals surface area contributed by atoms with Gasteiger partial charge in [-0.25, -0.2) is 4.98 Å². The molecule has 0 bridgehead atoms. The van der Waals surface area contributed by atoms with E-state index >= 15 is 0 Å². The first kappa shape index (κ1) is 20.1. The standard InChI is InChI=1S/C23H24N4O2/c1-15(2)17-4-6-20(7-5-17)26-22-14-18(12-13-24-22)23(29)27-21-10-8-19(9-11-21)25-16(3)28/h4-15H,1-3H3,(H,24,26)(H,25,28)(H,27,29). The zero-order valence-electron chi connectivity index (χ0n) is 16.7. The number of hydrogen-bond donors (Lipinski definition) is 3. The number of amides is 2. The predicted molar refractivity (Wildman–Crippen MR) is 117 cm³/mol. The van der Waals surface area contributed by atoms with Gasteiger partial charge in [0.05, 0.1) is 0 Å². The van der Waals surface area contributed by atoms with Gasteiger partial charge in [-0.3, -0.25) is 9.59 Å². The van der Waals surface area contributed by atoms with Gasteiger partial charge < -0.3 is 16.0 Å². The van der Waals surface area contributed by atoms with Crippen molar-refractivity contribution in [2.24, 2.45) is 0 Å². The molecule has 0 fully saturated rings. The van der Waals surface area contributed by atoms with E-state index in [1.807, 2.05) is 12.1 Å². The Balaban J connectivity index is 1.66. The quantitative estimate of drug-likeness (QED) is 0.545. The molecule has 6 nitrogen and oxygen atoms in total. The molecule has 0 aliphatic carbocycles. The van der Waals surface area contributed by atoms with Crippen molar-refractivity contribution >= 4 is 34.7 Å². The van der Waals surface area contributed by atoms with Crippen LogP contribution in [0.5, 0.6) is 0 Å². The van der Waals surface area contributed by atoms with Crippen LogP contribution in [0.4, 0.5) is 22.9 Å². The number of nitrogens with one attached hydrogen (secondary N) is 3. The van der Waals surface area contributed by atoms with E-state index < -0.39 is 0 Å². The second-order valence-corrected chi connectivity index (χ2v) is 7.04. The van der Waals surface area contributed by atoms with Crippen LogP contribution in [0.2, 0.25) is 0 Å². The summed E-state index contributed by atoms with van der Waals surface area (Å²) >= 11 is 0. The van der Waals surface area contributed by atoms with Gasteiger partial charge in [0.25, 0.3) is 5.91 Å². The fourth-order valence-corrected chi connectivity index (χ4v) is 2.78. The molecule has 1 heterocycles. The molecule has 0 aliphatic heterocycles. The lowest BCUT2D eigenvalue weighted by atomic mass is 10.0. The normalized spacial score (nSPS) is 10.5. The Hall–Kier alpha value is -3.67. The van der Waals surface area contributed by atoms with Crippen LogP contribution >= 0.6 is 0 Å². The molecular weight excluding hydrogens is 364 g/mol. The van der Waals surface area contributed by atoms with E-state index in [-0.39, 0.29) is 11.8 Å². The SMILES string of the molecule is CC(=O)Nc1ccc(NC(=O)c2ccnc(Nc3ccc(C(C)C)cc3)c2)cc1. The van der Waals surface area contributed by atoms with Crippen LogP contribution < -0.4 is 16.0 Å². The van der Waals surface area contributed by atoms with E-state index in [0.29, 0.717) is 28.7 Å². The summed E-state index contributed by atoms with van der Waals surface area (Å²) in [5, 5.41) is 8.76. The summed E-state index contributed by atoms with van der Waals surface area (Å²) in [4.78, 5) is 27.9. The highest BCUT2D eigenvalue weighted by Gasteiger charge is 2.08. The maximum Gasteiger partial charge on any atom is 0.255 e. The molecule has 0 saturated carbocycles. The van der Waals surface area contributed by atoms with Crippen LogP contribution in [0.3, 0.4) is 0 Å². The summed E-state index contributed by atoms with van der Waals surface area (Å²) in [5.74, 6) is 0.688. The van der Waals surface area contributed by atoms with Crippen molar-refractivity contribution < 1.29 is 9.59 Å². The number of anilines is 4. The molecule has 2 amide bonds. The lowest BCUT2D eigenvalue weighted by Crippen LogP contribution is -2.12. The van der Waals surface area contributed by atoms with Gasteiger partial charge in [-0.1, -0.05) is 26.0 Å². The number of hydrogen-bond acceptors (Lipinski definition) is 4. The number of aromatic nitrogens is 1. The molecule has 29 heavy (non-hydrogen) atoms. The summed E-state index contributed by atoms with van der Waals surface area (Å²) in [6.07, 6.45) is 1.60. The van der Waals surface area contributed by atoms with Gasteiger partial charge in [-0.05, 0) is 60.0 Å². The Labute approximate surface area is 170 Å². The summed E-state index contributed by atoms with van der Waals surface area (Å²) in [5.41, 5.74) is 3.98. The number of carbonyl (C=O) groups is 2. The molecule has 148 valence electrons. The molecule has 0 saturated heterocycles. The Morgan fingerprint density at radius 1 is 0.828 bits per heavy atom. The van der Waals surface area contributed by atoms with Gasteiger partial charge in [-0.15, -0.1) is 0 Å². The van der Waals surface area contributed by atoms with Crippen LogP contribution in [-0.2, 0) is 4.79 Å². The first-order chi connectivity index (χ1) is 13.9. The minimum absolute atomic E-state index is 0.141. The van der Waals surface area contributed by atoms with E-state index in [9.17, 15) is 9.59 Å². The average molecular weight is 388 g/mol. The van der Waals surface area contributed by atoms with Gasteiger partial charge in [0.2, 0.25) is 5.91 Å². The van der Waals surface area contributed by atoms with Crippen LogP contribution in [-0.4, -0.2) is 16.8 Å². The van der Waals surface area contributed by atoms with Crippen molar-refractivity contribution in [2.75, 3.05) is 16.0 Å². The average Bonchev–Trinajstić information content (AvgIpc) is 2.70. The molecule has 3 N–H and O–H groups in total. The molecular formula is C23H24N4O2. The molecule has 0 aliphatic rings. The number of carbonyl (C=O) groups excluding carboxylic acids is 2. The number of rotatable bonds is 6. The molecule has 0 spiro atoms. The molecule has 3 aromatic rings. The molecule has 0 radical (unpaired) electrons. The summed E-state index contributed by atoms with van der Waals surface area (Å²) in [6.45, 7) is 5.75. The van der Waals surface area contributed by atoms with E-state index in [1.54, 1.807) is 42.6 Å². The monoisotopic (exact) mass is 388 g/mol. The third-order valence-electron chi connectivity index (χ3n) is 4.34. The van der Waals surface area contributed by atoms with Crippen molar-refractivity contribution in [2.45, 2.75) is 26.7 Å². The van der Waals surface area contributed by atoms with Gasteiger partial charge in [0.1, 0.15) is 5.82 Å². The van der Waals surface area contributed by atoms with Crippen molar-refractivity contribution in [1.29, 1.82) is 0 Å². The molecule has 2 aromatic carbocycles. The Morgan fingerprint density at radius 2 is 1.41 bits per heavy atom. The van der Waals surface area contributed by atoms with E-state index in [0.717, 1.165) is 5.69 Å². The maximum atomic E-state index is 12.6. The van der Waals surface area contributed by atoms with E-state index in [2.05, 4.69) is 46.9 Å². The summed E-state index contributed by atoms with van der Waals surface area (Å²) < 4.78 is 0. The Bertz CT molecular complexity index is 996. The fraction of sp³-hybridized carbons (Fsp3) is 0.174. The minimum atomic E-state index is -0.238. The highest BCUT2D eigenvalue weighted by atomic mass is 16.2. The summed E-state index contributed by atoms with van der Waals surface area (Å²) in [7, 11) is 0. The van der Waals surface area contributed by atoms with Crippen LogP contribution in [0.25, 0.3) is 0 Å². The molecule has 0 atom stereocenters. The predicted octanol–water partition coefficient (Wildman–Crippen LogP) is 5.16. The first-order valence-corrected chi connectivity index (χ1v) is 9.43. The van der Waals surface area contributed by atoms with E-state index in [4.69, 9.17) is 0 Å². The zero-order chi connectivity index (χ0) is 20.8. The van der Waals surface area contributed by atoms with Crippen molar-refractivity contribution in [3.05, 3.63) is 78.0 Å². The fourth-order valence-electron chi connectivity index (χ4n) is 2.78. The molecule has 0 unspecified atom stereocenters. The lowest BCUT2D eigenvalue weighted by Gasteiger charge is -2.10. The van der Waals surface area contributed by atoms with Crippen molar-refractivity contribution in [3.63, 3.8) is 0 Å². The van der Waals surface area contributed by atoms with Gasteiger partial charge in [0.15, 0.2) is 0 Å². The van der Waals surface area contributed by atoms with Crippen LogP contribution in [0.15, 0.2) is 66.9 Å². The van der Waals surface area contributed by atoms with Gasteiger partial charge in [-0.2, -0.15) is 0 Å². The smallest absolute Gasteiger partial charge is 0.255 e. The number of pyridine rings is 1. The third-order valence-corrected chi connectivity index (χ3v) is 4.34. The van der Waals surface area contributed by atoms with Crippen molar-refractivity contribution in [3.8, 4) is 0 Å². The highest BCUT2D eigenvalue weighted by molar-refractivity contribution is 6.04. The minimum Gasteiger partial charge on any atom is -0.340 e. The second-order valence-electron chi connectivity index (χ2n) is 7.04. The van der Waals surface area contributed by atoms with Crippen LogP contribution in [0, 0.1) is 0 Å². The highest BCUT2D eigenvalue weighted by Crippen LogP contribution is 2.21. The Morgan fingerprint density at radius 3 is 2.00 bits per heavy atom. The third kappa shape index (κ3) is 5.65. The van der Waals surface area contributed by atoms with Gasteiger partial charge >= 0.3 is 0 Å². The Kier molecular flexibility index (Phi) is 6.24.